The maximum atomic E-state index is 6.35. The average Bonchev–Trinajstić information content (AvgIpc) is 2.61. The minimum absolute atomic E-state index is 0.226. The zero-order valence-corrected chi connectivity index (χ0v) is 11.2. The fourth-order valence-corrected chi connectivity index (χ4v) is 3.40. The van der Waals surface area contributed by atoms with Gasteiger partial charge in [0.1, 0.15) is 0 Å². The van der Waals surface area contributed by atoms with Gasteiger partial charge in [-0.05, 0) is 29.9 Å². The lowest BCUT2D eigenvalue weighted by atomic mass is 10.0. The third-order valence-electron chi connectivity index (χ3n) is 2.59. The van der Waals surface area contributed by atoms with Crippen LogP contribution < -0.4 is 0 Å². The fourth-order valence-electron chi connectivity index (χ4n) is 1.89. The lowest BCUT2D eigenvalue weighted by Gasteiger charge is -2.10. The Hall–Kier alpha value is -0.600. The molecule has 0 aliphatic heterocycles. The van der Waals surface area contributed by atoms with Crippen LogP contribution in [0.2, 0.25) is 0 Å². The van der Waals surface area contributed by atoms with Crippen molar-refractivity contribution >= 4 is 34.0 Å². The molecule has 86 valence electrons. The minimum atomic E-state index is 0.226. The summed E-state index contributed by atoms with van der Waals surface area (Å²) in [6.45, 7) is 4.42. The van der Waals surface area contributed by atoms with Crippen molar-refractivity contribution in [2.75, 3.05) is 0 Å². The second-order valence-corrected chi connectivity index (χ2v) is 6.03. The largest absolute Gasteiger partial charge is 0.192 e. The third kappa shape index (κ3) is 2.74. The SMILES string of the molecule is CC(C)CC(Cl)Cc1snc2ccccc12. The van der Waals surface area contributed by atoms with Gasteiger partial charge in [-0.1, -0.05) is 32.0 Å². The van der Waals surface area contributed by atoms with Gasteiger partial charge in [0, 0.05) is 22.1 Å². The van der Waals surface area contributed by atoms with E-state index < -0.39 is 0 Å². The molecule has 1 aromatic heterocycles. The van der Waals surface area contributed by atoms with Gasteiger partial charge in [0.25, 0.3) is 0 Å². The Labute approximate surface area is 106 Å². The first-order valence-electron chi connectivity index (χ1n) is 5.64. The van der Waals surface area contributed by atoms with Crippen molar-refractivity contribution in [1.82, 2.24) is 4.37 Å². The van der Waals surface area contributed by atoms with Crippen molar-refractivity contribution in [2.24, 2.45) is 5.92 Å². The van der Waals surface area contributed by atoms with E-state index in [4.69, 9.17) is 11.6 Å². The van der Waals surface area contributed by atoms with Crippen molar-refractivity contribution in [3.05, 3.63) is 29.1 Å². The van der Waals surface area contributed by atoms with Crippen LogP contribution in [-0.2, 0) is 6.42 Å². The maximum Gasteiger partial charge on any atom is 0.0843 e. The van der Waals surface area contributed by atoms with Gasteiger partial charge in [0.05, 0.1) is 5.52 Å². The number of fused-ring (bicyclic) bond motifs is 1. The number of rotatable bonds is 4. The highest BCUT2D eigenvalue weighted by atomic mass is 35.5. The van der Waals surface area contributed by atoms with Gasteiger partial charge in [0.2, 0.25) is 0 Å². The Balaban J connectivity index is 2.15. The quantitative estimate of drug-likeness (QED) is 0.732. The summed E-state index contributed by atoms with van der Waals surface area (Å²) in [5.41, 5.74) is 1.09. The van der Waals surface area contributed by atoms with Crippen LogP contribution in [-0.4, -0.2) is 9.75 Å². The summed E-state index contributed by atoms with van der Waals surface area (Å²) >= 11 is 7.93. The molecule has 1 atom stereocenters. The summed E-state index contributed by atoms with van der Waals surface area (Å²) in [5, 5.41) is 1.49. The van der Waals surface area contributed by atoms with Crippen LogP contribution in [0.25, 0.3) is 10.9 Å². The van der Waals surface area contributed by atoms with Crippen LogP contribution >= 0.6 is 23.1 Å². The third-order valence-corrected chi connectivity index (χ3v) is 3.82. The van der Waals surface area contributed by atoms with Crippen LogP contribution in [0.5, 0.6) is 0 Å². The lowest BCUT2D eigenvalue weighted by Crippen LogP contribution is -2.06. The molecular formula is C13H16ClNS. The molecule has 2 rings (SSSR count). The lowest BCUT2D eigenvalue weighted by molar-refractivity contribution is 0.563. The highest BCUT2D eigenvalue weighted by Gasteiger charge is 2.12. The smallest absolute Gasteiger partial charge is 0.0843 e. The van der Waals surface area contributed by atoms with Gasteiger partial charge >= 0.3 is 0 Å². The predicted molar refractivity (Wildman–Crippen MR) is 72.4 cm³/mol. The van der Waals surface area contributed by atoms with Crippen LogP contribution in [0.1, 0.15) is 25.1 Å². The summed E-state index contributed by atoms with van der Waals surface area (Å²) in [6.07, 6.45) is 2.00. The molecular weight excluding hydrogens is 238 g/mol. The number of aromatic nitrogens is 1. The van der Waals surface area contributed by atoms with Crippen LogP contribution in [0.4, 0.5) is 0 Å². The molecule has 2 aromatic rings. The van der Waals surface area contributed by atoms with Crippen LogP contribution in [0.3, 0.4) is 0 Å². The molecule has 0 fully saturated rings. The second kappa shape index (κ2) is 5.15. The van der Waals surface area contributed by atoms with Crippen molar-refractivity contribution < 1.29 is 0 Å². The van der Waals surface area contributed by atoms with E-state index in [1.807, 2.05) is 6.07 Å². The first-order chi connectivity index (χ1) is 7.66. The number of nitrogens with zero attached hydrogens (tertiary/aromatic N) is 1. The standard InChI is InChI=1S/C13H16ClNS/c1-9(2)7-10(14)8-13-11-5-3-4-6-12(11)15-16-13/h3-6,9-10H,7-8H2,1-2H3. The van der Waals surface area contributed by atoms with Gasteiger partial charge in [-0.2, -0.15) is 4.37 Å². The second-order valence-electron chi connectivity index (χ2n) is 4.55. The van der Waals surface area contributed by atoms with Crippen LogP contribution in [0, 0.1) is 5.92 Å². The topological polar surface area (TPSA) is 12.9 Å². The van der Waals surface area contributed by atoms with Crippen LogP contribution in [0.15, 0.2) is 24.3 Å². The Bertz CT molecular complexity index is 464. The minimum Gasteiger partial charge on any atom is -0.192 e. The summed E-state index contributed by atoms with van der Waals surface area (Å²) in [6, 6.07) is 8.28. The van der Waals surface area contributed by atoms with Gasteiger partial charge in [-0.15, -0.1) is 11.6 Å². The molecule has 0 aliphatic rings. The van der Waals surface area contributed by atoms with E-state index in [9.17, 15) is 0 Å². The van der Waals surface area contributed by atoms with Gasteiger partial charge in [0.15, 0.2) is 0 Å². The molecule has 0 amide bonds. The molecule has 0 saturated heterocycles. The zero-order chi connectivity index (χ0) is 11.5. The first kappa shape index (κ1) is 11.9. The molecule has 1 nitrogen and oxygen atoms in total. The monoisotopic (exact) mass is 253 g/mol. The molecule has 3 heteroatoms. The fraction of sp³-hybridized carbons (Fsp3) is 0.462. The van der Waals surface area contributed by atoms with Gasteiger partial charge in [-0.25, -0.2) is 0 Å². The molecule has 0 spiro atoms. The van der Waals surface area contributed by atoms with E-state index >= 15 is 0 Å². The molecule has 16 heavy (non-hydrogen) atoms. The summed E-state index contributed by atoms with van der Waals surface area (Å²) < 4.78 is 4.43. The van der Waals surface area contributed by atoms with E-state index in [1.54, 1.807) is 11.5 Å². The number of hydrogen-bond acceptors (Lipinski definition) is 2. The number of alkyl halides is 1. The number of hydrogen-bond donors (Lipinski definition) is 0. The zero-order valence-electron chi connectivity index (χ0n) is 9.61. The Morgan fingerprint density at radius 3 is 2.81 bits per heavy atom. The Morgan fingerprint density at radius 2 is 2.06 bits per heavy atom. The molecule has 0 saturated carbocycles. The van der Waals surface area contributed by atoms with Gasteiger partial charge in [-0.3, -0.25) is 0 Å². The molecule has 1 aromatic carbocycles. The highest BCUT2D eigenvalue weighted by Crippen LogP contribution is 2.26. The molecule has 0 bridgehead atoms. The molecule has 0 N–H and O–H groups in total. The Morgan fingerprint density at radius 1 is 1.31 bits per heavy atom. The van der Waals surface area contributed by atoms with E-state index in [0.717, 1.165) is 18.4 Å². The van der Waals surface area contributed by atoms with E-state index in [1.165, 1.54) is 10.3 Å². The maximum absolute atomic E-state index is 6.35. The summed E-state index contributed by atoms with van der Waals surface area (Å²) in [4.78, 5) is 1.32. The number of benzene rings is 1. The van der Waals surface area contributed by atoms with Crippen molar-refractivity contribution in [2.45, 2.75) is 32.1 Å². The predicted octanol–water partition coefficient (Wildman–Crippen LogP) is 4.49. The van der Waals surface area contributed by atoms with Crippen molar-refractivity contribution in [3.8, 4) is 0 Å². The van der Waals surface area contributed by atoms with Gasteiger partial charge < -0.3 is 0 Å². The van der Waals surface area contributed by atoms with E-state index in [0.29, 0.717) is 5.92 Å². The van der Waals surface area contributed by atoms with E-state index in [-0.39, 0.29) is 5.38 Å². The summed E-state index contributed by atoms with van der Waals surface area (Å²) in [7, 11) is 0. The molecule has 0 radical (unpaired) electrons. The highest BCUT2D eigenvalue weighted by molar-refractivity contribution is 7.07. The average molecular weight is 254 g/mol. The number of halogens is 1. The van der Waals surface area contributed by atoms with Crippen molar-refractivity contribution in [1.29, 1.82) is 0 Å². The Kier molecular flexibility index (Phi) is 3.82. The first-order valence-corrected chi connectivity index (χ1v) is 6.85. The summed E-state index contributed by atoms with van der Waals surface area (Å²) in [5.74, 6) is 0.654. The van der Waals surface area contributed by atoms with E-state index in [2.05, 4.69) is 36.4 Å². The van der Waals surface area contributed by atoms with Crippen molar-refractivity contribution in [3.63, 3.8) is 0 Å². The molecule has 1 heterocycles. The molecule has 0 aliphatic carbocycles. The normalized spacial score (nSPS) is 13.5. The molecule has 1 unspecified atom stereocenters.